The Balaban J connectivity index is 3.04. The zero-order valence-corrected chi connectivity index (χ0v) is 12.0. The summed E-state index contributed by atoms with van der Waals surface area (Å²) in [6, 6.07) is 0. The van der Waals surface area contributed by atoms with Crippen molar-refractivity contribution in [1.29, 1.82) is 0 Å². The van der Waals surface area contributed by atoms with Crippen LogP contribution >= 0.6 is 0 Å². The van der Waals surface area contributed by atoms with Gasteiger partial charge in [0.15, 0.2) is 0 Å². The molecule has 0 saturated carbocycles. The molecule has 0 nitrogen and oxygen atoms in total. The highest BCUT2D eigenvalue weighted by Gasteiger charge is 1.94. The summed E-state index contributed by atoms with van der Waals surface area (Å²) in [5, 5.41) is 0. The van der Waals surface area contributed by atoms with Crippen LogP contribution in [0.3, 0.4) is 0 Å². The normalized spacial score (nSPS) is 12.1. The van der Waals surface area contributed by atoms with E-state index in [0.717, 1.165) is 11.8 Å². The monoisotopic (exact) mass is 224 g/mol. The third-order valence-corrected chi connectivity index (χ3v) is 2.92. The van der Waals surface area contributed by atoms with E-state index in [1.165, 1.54) is 51.4 Å². The molecule has 0 heteroatoms. The molecule has 0 radical (unpaired) electrons. The maximum atomic E-state index is 2.35. The van der Waals surface area contributed by atoms with Crippen molar-refractivity contribution < 1.29 is 0 Å². The first-order valence-corrected chi connectivity index (χ1v) is 7.29. The summed E-state index contributed by atoms with van der Waals surface area (Å²) in [5.41, 5.74) is 0. The summed E-state index contributed by atoms with van der Waals surface area (Å²) in [6.45, 7) is 9.12. The Kier molecular flexibility index (Phi) is 11.0. The highest BCUT2D eigenvalue weighted by Crippen LogP contribution is 2.12. The third kappa shape index (κ3) is 13.7. The van der Waals surface area contributed by atoms with Crippen LogP contribution in [0.1, 0.15) is 79.1 Å². The van der Waals surface area contributed by atoms with Gasteiger partial charge in [-0.1, -0.05) is 78.4 Å². The number of unbranched alkanes of at least 4 members (excludes halogenated alkanes) is 6. The Morgan fingerprint density at radius 1 is 0.750 bits per heavy atom. The lowest BCUT2D eigenvalue weighted by atomic mass is 10.0. The number of allylic oxidation sites excluding steroid dienone is 2. The van der Waals surface area contributed by atoms with Crippen LogP contribution in [0.2, 0.25) is 0 Å². The first-order chi connectivity index (χ1) is 7.63. The molecule has 0 spiro atoms. The van der Waals surface area contributed by atoms with Gasteiger partial charge < -0.3 is 0 Å². The van der Waals surface area contributed by atoms with Crippen LogP contribution in [0.4, 0.5) is 0 Å². The van der Waals surface area contributed by atoms with Gasteiger partial charge in [0, 0.05) is 0 Å². The molecule has 0 aliphatic rings. The standard InChI is InChI=1S/C16H32/c1-15(2)13-11-9-7-5-6-8-10-12-14-16(3)4/h11,13,15-16H,5-10,12,14H2,1-4H3/b13-11-. The second-order valence-corrected chi connectivity index (χ2v) is 5.76. The molecule has 0 fully saturated rings. The molecule has 0 N–H and O–H groups in total. The van der Waals surface area contributed by atoms with Gasteiger partial charge in [-0.2, -0.15) is 0 Å². The van der Waals surface area contributed by atoms with Gasteiger partial charge in [0.2, 0.25) is 0 Å². The fourth-order valence-corrected chi connectivity index (χ4v) is 1.89. The number of hydrogen-bond donors (Lipinski definition) is 0. The molecule has 0 aromatic rings. The molecule has 0 amide bonds. The van der Waals surface area contributed by atoms with Crippen molar-refractivity contribution in [1.82, 2.24) is 0 Å². The van der Waals surface area contributed by atoms with Crippen molar-refractivity contribution in [2.24, 2.45) is 11.8 Å². The van der Waals surface area contributed by atoms with Crippen LogP contribution in [0.5, 0.6) is 0 Å². The Labute approximate surface area is 104 Å². The Hall–Kier alpha value is -0.260. The van der Waals surface area contributed by atoms with Gasteiger partial charge in [0.1, 0.15) is 0 Å². The molecule has 0 bridgehead atoms. The molecule has 0 rings (SSSR count). The second kappa shape index (κ2) is 11.2. The predicted octanol–water partition coefficient (Wildman–Crippen LogP) is 5.98. The van der Waals surface area contributed by atoms with Crippen molar-refractivity contribution in [2.75, 3.05) is 0 Å². The minimum absolute atomic E-state index is 0.719. The molecule has 0 atom stereocenters. The number of rotatable bonds is 10. The largest absolute Gasteiger partial charge is 0.0883 e. The molecule has 16 heavy (non-hydrogen) atoms. The van der Waals surface area contributed by atoms with E-state index in [2.05, 4.69) is 39.8 Å². The summed E-state index contributed by atoms with van der Waals surface area (Å²) in [7, 11) is 0. The Morgan fingerprint density at radius 3 is 1.88 bits per heavy atom. The zero-order valence-electron chi connectivity index (χ0n) is 12.0. The van der Waals surface area contributed by atoms with Crippen molar-refractivity contribution in [3.8, 4) is 0 Å². The minimum Gasteiger partial charge on any atom is -0.0883 e. The fourth-order valence-electron chi connectivity index (χ4n) is 1.89. The van der Waals surface area contributed by atoms with E-state index in [0.29, 0.717) is 0 Å². The lowest BCUT2D eigenvalue weighted by molar-refractivity contribution is 0.512. The van der Waals surface area contributed by atoms with E-state index in [-0.39, 0.29) is 0 Å². The molecule has 96 valence electrons. The minimum atomic E-state index is 0.719. The molecule has 0 aromatic carbocycles. The smallest absolute Gasteiger partial charge is 0.0290 e. The van der Waals surface area contributed by atoms with Crippen LogP contribution in [0, 0.1) is 11.8 Å². The fraction of sp³-hybridized carbons (Fsp3) is 0.875. The van der Waals surface area contributed by atoms with Crippen LogP contribution < -0.4 is 0 Å². The van der Waals surface area contributed by atoms with Gasteiger partial charge in [0.05, 0.1) is 0 Å². The first-order valence-electron chi connectivity index (χ1n) is 7.29. The average molecular weight is 224 g/mol. The molecule has 0 aliphatic heterocycles. The topological polar surface area (TPSA) is 0 Å². The average Bonchev–Trinajstić information content (AvgIpc) is 2.20. The van der Waals surface area contributed by atoms with Crippen LogP contribution in [0.25, 0.3) is 0 Å². The SMILES string of the molecule is CC(C)/C=C\CCCCCCCCC(C)C. The van der Waals surface area contributed by atoms with E-state index in [1.54, 1.807) is 0 Å². The zero-order chi connectivity index (χ0) is 12.2. The molecule has 0 heterocycles. The van der Waals surface area contributed by atoms with Crippen molar-refractivity contribution >= 4 is 0 Å². The lowest BCUT2D eigenvalue weighted by Crippen LogP contribution is -1.87. The van der Waals surface area contributed by atoms with Crippen molar-refractivity contribution in [3.63, 3.8) is 0 Å². The molecule has 0 unspecified atom stereocenters. The number of hydrogen-bond acceptors (Lipinski definition) is 0. The third-order valence-electron chi connectivity index (χ3n) is 2.92. The second-order valence-electron chi connectivity index (χ2n) is 5.76. The van der Waals surface area contributed by atoms with Gasteiger partial charge in [-0.05, 0) is 24.7 Å². The van der Waals surface area contributed by atoms with Crippen molar-refractivity contribution in [3.05, 3.63) is 12.2 Å². The van der Waals surface area contributed by atoms with Crippen LogP contribution in [0.15, 0.2) is 12.2 Å². The molecule has 0 saturated heterocycles. The van der Waals surface area contributed by atoms with Gasteiger partial charge in [-0.25, -0.2) is 0 Å². The Morgan fingerprint density at radius 2 is 1.31 bits per heavy atom. The highest BCUT2D eigenvalue weighted by atomic mass is 14.0. The molecular weight excluding hydrogens is 192 g/mol. The van der Waals surface area contributed by atoms with E-state index >= 15 is 0 Å². The molecule has 0 aliphatic carbocycles. The maximum absolute atomic E-state index is 2.35. The predicted molar refractivity (Wildman–Crippen MR) is 75.8 cm³/mol. The summed E-state index contributed by atoms with van der Waals surface area (Å²) >= 11 is 0. The lowest BCUT2D eigenvalue weighted by Gasteiger charge is -2.03. The summed E-state index contributed by atoms with van der Waals surface area (Å²) in [6.07, 6.45) is 15.9. The van der Waals surface area contributed by atoms with Crippen molar-refractivity contribution in [2.45, 2.75) is 79.1 Å². The quantitative estimate of drug-likeness (QED) is 0.316. The van der Waals surface area contributed by atoms with E-state index in [1.807, 2.05) is 0 Å². The van der Waals surface area contributed by atoms with Crippen LogP contribution in [-0.2, 0) is 0 Å². The summed E-state index contributed by atoms with van der Waals surface area (Å²) < 4.78 is 0. The molecule has 0 aromatic heterocycles. The summed E-state index contributed by atoms with van der Waals surface area (Å²) in [5.74, 6) is 1.61. The first kappa shape index (κ1) is 15.7. The van der Waals surface area contributed by atoms with E-state index in [4.69, 9.17) is 0 Å². The van der Waals surface area contributed by atoms with Gasteiger partial charge in [-0.3, -0.25) is 0 Å². The van der Waals surface area contributed by atoms with Gasteiger partial charge >= 0.3 is 0 Å². The van der Waals surface area contributed by atoms with Gasteiger partial charge in [-0.15, -0.1) is 0 Å². The molecular formula is C16H32. The van der Waals surface area contributed by atoms with Gasteiger partial charge in [0.25, 0.3) is 0 Å². The van der Waals surface area contributed by atoms with E-state index in [9.17, 15) is 0 Å². The highest BCUT2D eigenvalue weighted by molar-refractivity contribution is 4.83. The maximum Gasteiger partial charge on any atom is -0.0290 e. The summed E-state index contributed by atoms with van der Waals surface area (Å²) in [4.78, 5) is 0. The van der Waals surface area contributed by atoms with Crippen LogP contribution in [-0.4, -0.2) is 0 Å². The van der Waals surface area contributed by atoms with E-state index < -0.39 is 0 Å². The Bertz CT molecular complexity index is 153.